The van der Waals surface area contributed by atoms with Crippen molar-refractivity contribution in [2.45, 2.75) is 25.4 Å². The fraction of sp³-hybridized carbons (Fsp3) is 0.429. The van der Waals surface area contributed by atoms with Crippen molar-refractivity contribution in [2.75, 3.05) is 27.3 Å². The fourth-order valence-electron chi connectivity index (χ4n) is 3.81. The van der Waals surface area contributed by atoms with Crippen molar-refractivity contribution in [2.24, 2.45) is 11.7 Å². The summed E-state index contributed by atoms with van der Waals surface area (Å²) in [7, 11) is 3.35. The van der Waals surface area contributed by atoms with Gasteiger partial charge in [-0.2, -0.15) is 0 Å². The second-order valence-corrected chi connectivity index (χ2v) is 6.93. The van der Waals surface area contributed by atoms with Crippen molar-refractivity contribution in [3.05, 3.63) is 59.7 Å². The molecule has 0 saturated carbocycles. The molecule has 2 N–H and O–H groups in total. The van der Waals surface area contributed by atoms with Crippen LogP contribution in [-0.2, 0) is 13.0 Å². The first-order valence-corrected chi connectivity index (χ1v) is 8.90. The van der Waals surface area contributed by atoms with Crippen LogP contribution in [0.5, 0.6) is 11.5 Å². The Kier molecular flexibility index (Phi) is 5.95. The van der Waals surface area contributed by atoms with Crippen molar-refractivity contribution in [3.8, 4) is 11.5 Å². The Morgan fingerprint density at radius 2 is 1.72 bits per heavy atom. The first-order chi connectivity index (χ1) is 12.2. The van der Waals surface area contributed by atoms with Gasteiger partial charge in [-0.3, -0.25) is 4.90 Å². The lowest BCUT2D eigenvalue weighted by atomic mass is 9.88. The second kappa shape index (κ2) is 8.37. The van der Waals surface area contributed by atoms with Crippen molar-refractivity contribution >= 4 is 0 Å². The lowest BCUT2D eigenvalue weighted by Gasteiger charge is -2.36. The number of hydrogen-bond acceptors (Lipinski definition) is 4. The number of likely N-dealkylation sites (tertiary alicyclic amines) is 1. The zero-order chi connectivity index (χ0) is 17.6. The minimum Gasteiger partial charge on any atom is -0.493 e. The number of hydrogen-bond donors (Lipinski definition) is 1. The largest absolute Gasteiger partial charge is 0.493 e. The van der Waals surface area contributed by atoms with E-state index in [4.69, 9.17) is 15.2 Å². The molecule has 1 aliphatic rings. The summed E-state index contributed by atoms with van der Waals surface area (Å²) in [6, 6.07) is 17.1. The van der Waals surface area contributed by atoms with E-state index in [0.717, 1.165) is 44.0 Å². The zero-order valence-corrected chi connectivity index (χ0v) is 15.2. The summed E-state index contributed by atoms with van der Waals surface area (Å²) < 4.78 is 10.8. The molecule has 2 atom stereocenters. The van der Waals surface area contributed by atoms with E-state index in [1.165, 1.54) is 11.1 Å². The molecule has 0 amide bonds. The van der Waals surface area contributed by atoms with Crippen LogP contribution in [0.1, 0.15) is 17.5 Å². The second-order valence-electron chi connectivity index (χ2n) is 6.93. The molecule has 0 aliphatic carbocycles. The standard InChI is InChI=1S/C21H28N2O2/c1-24-20-9-8-17(12-21(20)25-2)10-18-11-19(22)15-23(14-18)13-16-6-4-3-5-7-16/h3-9,12,18-19H,10-11,13-15,22H2,1-2H3. The van der Waals surface area contributed by atoms with Gasteiger partial charge in [-0.15, -0.1) is 0 Å². The predicted octanol–water partition coefficient (Wildman–Crippen LogP) is 3.10. The van der Waals surface area contributed by atoms with Crippen LogP contribution in [0.25, 0.3) is 0 Å². The molecule has 2 aromatic rings. The lowest BCUT2D eigenvalue weighted by molar-refractivity contribution is 0.149. The highest BCUT2D eigenvalue weighted by atomic mass is 16.5. The molecule has 0 aromatic heterocycles. The Hall–Kier alpha value is -2.04. The Morgan fingerprint density at radius 1 is 0.960 bits per heavy atom. The number of piperidine rings is 1. The van der Waals surface area contributed by atoms with Gasteiger partial charge in [-0.1, -0.05) is 36.4 Å². The van der Waals surface area contributed by atoms with Crippen LogP contribution < -0.4 is 15.2 Å². The van der Waals surface area contributed by atoms with E-state index in [1.54, 1.807) is 14.2 Å². The minimum absolute atomic E-state index is 0.239. The molecule has 0 bridgehead atoms. The highest BCUT2D eigenvalue weighted by molar-refractivity contribution is 5.43. The third-order valence-corrected chi connectivity index (χ3v) is 4.87. The van der Waals surface area contributed by atoms with Crippen LogP contribution in [-0.4, -0.2) is 38.3 Å². The number of nitrogens with zero attached hydrogens (tertiary/aromatic N) is 1. The van der Waals surface area contributed by atoms with Crippen LogP contribution >= 0.6 is 0 Å². The molecule has 1 aliphatic heterocycles. The molecule has 0 radical (unpaired) electrons. The van der Waals surface area contributed by atoms with E-state index < -0.39 is 0 Å². The van der Waals surface area contributed by atoms with Gasteiger partial charge >= 0.3 is 0 Å². The zero-order valence-electron chi connectivity index (χ0n) is 15.2. The van der Waals surface area contributed by atoms with E-state index in [1.807, 2.05) is 6.07 Å². The van der Waals surface area contributed by atoms with Gasteiger partial charge in [-0.25, -0.2) is 0 Å². The van der Waals surface area contributed by atoms with Crippen LogP contribution in [0.15, 0.2) is 48.5 Å². The van der Waals surface area contributed by atoms with Crippen LogP contribution in [0.2, 0.25) is 0 Å². The van der Waals surface area contributed by atoms with Gasteiger partial charge in [0.1, 0.15) is 0 Å². The molecule has 4 heteroatoms. The molecular weight excluding hydrogens is 312 g/mol. The van der Waals surface area contributed by atoms with E-state index >= 15 is 0 Å². The van der Waals surface area contributed by atoms with Crippen LogP contribution in [0.3, 0.4) is 0 Å². The predicted molar refractivity (Wildman–Crippen MR) is 101 cm³/mol. The van der Waals surface area contributed by atoms with Gasteiger partial charge in [0.05, 0.1) is 14.2 Å². The maximum atomic E-state index is 6.34. The Morgan fingerprint density at radius 3 is 2.44 bits per heavy atom. The molecule has 2 unspecified atom stereocenters. The van der Waals surface area contributed by atoms with Gasteiger partial charge in [0.2, 0.25) is 0 Å². The third kappa shape index (κ3) is 4.74. The van der Waals surface area contributed by atoms with Gasteiger partial charge in [0.25, 0.3) is 0 Å². The van der Waals surface area contributed by atoms with E-state index in [-0.39, 0.29) is 6.04 Å². The SMILES string of the molecule is COc1ccc(CC2CC(N)CN(Cc3ccccc3)C2)cc1OC. The highest BCUT2D eigenvalue weighted by Crippen LogP contribution is 2.30. The van der Waals surface area contributed by atoms with E-state index in [2.05, 4.69) is 47.4 Å². The molecule has 1 heterocycles. The van der Waals surface area contributed by atoms with Crippen molar-refractivity contribution < 1.29 is 9.47 Å². The summed E-state index contributed by atoms with van der Waals surface area (Å²) in [6.07, 6.45) is 2.08. The molecule has 4 nitrogen and oxygen atoms in total. The Labute approximate surface area is 150 Å². The Balaban J connectivity index is 1.65. The van der Waals surface area contributed by atoms with Gasteiger partial charge < -0.3 is 15.2 Å². The molecule has 25 heavy (non-hydrogen) atoms. The summed E-state index contributed by atoms with van der Waals surface area (Å²) in [5.74, 6) is 2.13. The molecule has 1 saturated heterocycles. The average molecular weight is 340 g/mol. The van der Waals surface area contributed by atoms with Crippen LogP contribution in [0, 0.1) is 5.92 Å². The number of benzene rings is 2. The van der Waals surface area contributed by atoms with E-state index in [0.29, 0.717) is 5.92 Å². The molecule has 3 rings (SSSR count). The number of ether oxygens (including phenoxy) is 2. The van der Waals surface area contributed by atoms with Crippen LogP contribution in [0.4, 0.5) is 0 Å². The first kappa shape index (κ1) is 17.8. The third-order valence-electron chi connectivity index (χ3n) is 4.87. The number of rotatable bonds is 6. The Bertz CT molecular complexity index is 675. The first-order valence-electron chi connectivity index (χ1n) is 8.90. The highest BCUT2D eigenvalue weighted by Gasteiger charge is 2.25. The summed E-state index contributed by atoms with van der Waals surface area (Å²) in [6.45, 7) is 3.02. The maximum Gasteiger partial charge on any atom is 0.160 e. The van der Waals surface area contributed by atoms with Gasteiger partial charge in [0.15, 0.2) is 11.5 Å². The molecule has 0 spiro atoms. The molecular formula is C21H28N2O2. The van der Waals surface area contributed by atoms with Gasteiger partial charge in [0, 0.05) is 25.7 Å². The van der Waals surface area contributed by atoms with Gasteiger partial charge in [-0.05, 0) is 42.0 Å². The smallest absolute Gasteiger partial charge is 0.160 e. The molecule has 2 aromatic carbocycles. The molecule has 1 fully saturated rings. The lowest BCUT2D eigenvalue weighted by Crippen LogP contribution is -2.47. The van der Waals surface area contributed by atoms with E-state index in [9.17, 15) is 0 Å². The number of nitrogens with two attached hydrogens (primary N) is 1. The average Bonchev–Trinajstić information content (AvgIpc) is 2.62. The normalized spacial score (nSPS) is 21.1. The summed E-state index contributed by atoms with van der Waals surface area (Å²) in [5.41, 5.74) is 8.96. The quantitative estimate of drug-likeness (QED) is 0.878. The van der Waals surface area contributed by atoms with Crippen molar-refractivity contribution in [1.82, 2.24) is 4.90 Å². The summed E-state index contributed by atoms with van der Waals surface area (Å²) in [5, 5.41) is 0. The van der Waals surface area contributed by atoms with Crippen molar-refractivity contribution in [1.29, 1.82) is 0 Å². The fourth-order valence-corrected chi connectivity index (χ4v) is 3.81. The summed E-state index contributed by atoms with van der Waals surface area (Å²) >= 11 is 0. The van der Waals surface area contributed by atoms with Crippen molar-refractivity contribution in [3.63, 3.8) is 0 Å². The maximum absolute atomic E-state index is 6.34. The monoisotopic (exact) mass is 340 g/mol. The number of methoxy groups -OCH3 is 2. The minimum atomic E-state index is 0.239. The summed E-state index contributed by atoms with van der Waals surface area (Å²) in [4.78, 5) is 2.48. The topological polar surface area (TPSA) is 47.7 Å². The molecule has 134 valence electrons.